The van der Waals surface area contributed by atoms with E-state index < -0.39 is 0 Å². The van der Waals surface area contributed by atoms with E-state index in [-0.39, 0.29) is 0 Å². The molecule has 2 rings (SSSR count). The lowest BCUT2D eigenvalue weighted by Gasteiger charge is -2.05. The maximum atomic E-state index is 4.55. The van der Waals surface area contributed by atoms with Crippen molar-refractivity contribution < 1.29 is 0 Å². The van der Waals surface area contributed by atoms with E-state index in [4.69, 9.17) is 0 Å². The number of hydrogen-bond donors (Lipinski definition) is 1. The van der Waals surface area contributed by atoms with Crippen LogP contribution in [0.15, 0.2) is 17.5 Å². The third-order valence-electron chi connectivity index (χ3n) is 2.43. The average Bonchev–Trinajstić information content (AvgIpc) is 2.87. The second kappa shape index (κ2) is 5.42. The predicted molar refractivity (Wildman–Crippen MR) is 70.9 cm³/mol. The Balaban J connectivity index is 2.04. The van der Waals surface area contributed by atoms with Gasteiger partial charge >= 0.3 is 0 Å². The van der Waals surface area contributed by atoms with Gasteiger partial charge in [-0.2, -0.15) is 5.10 Å². The molecule has 2 aromatic heterocycles. The third kappa shape index (κ3) is 3.14. The van der Waals surface area contributed by atoms with Gasteiger partial charge in [-0.25, -0.2) is 4.98 Å². The molecule has 1 N–H and O–H groups in total. The summed E-state index contributed by atoms with van der Waals surface area (Å²) in [5, 5.41) is 9.85. The van der Waals surface area contributed by atoms with Crippen LogP contribution in [0, 0.1) is 5.92 Å². The zero-order valence-electron chi connectivity index (χ0n) is 10.5. The van der Waals surface area contributed by atoms with Crippen molar-refractivity contribution in [2.75, 3.05) is 6.54 Å². The van der Waals surface area contributed by atoms with Crippen molar-refractivity contribution in [2.24, 2.45) is 13.0 Å². The number of hydrogen-bond acceptors (Lipinski definition) is 4. The minimum Gasteiger partial charge on any atom is -0.310 e. The van der Waals surface area contributed by atoms with E-state index in [9.17, 15) is 0 Å². The molecule has 0 amide bonds. The second-order valence-electron chi connectivity index (χ2n) is 4.48. The molecular formula is C12H18N4S. The average molecular weight is 250 g/mol. The highest BCUT2D eigenvalue weighted by molar-refractivity contribution is 7.13. The van der Waals surface area contributed by atoms with Gasteiger partial charge in [0.25, 0.3) is 0 Å². The van der Waals surface area contributed by atoms with Crippen molar-refractivity contribution in [1.29, 1.82) is 0 Å². The fraction of sp³-hybridized carbons (Fsp3) is 0.500. The van der Waals surface area contributed by atoms with Crippen molar-refractivity contribution in [3.05, 3.63) is 23.3 Å². The normalized spacial score (nSPS) is 11.3. The summed E-state index contributed by atoms with van der Waals surface area (Å²) in [7, 11) is 1.94. The van der Waals surface area contributed by atoms with Crippen LogP contribution in [0.4, 0.5) is 0 Å². The maximum absolute atomic E-state index is 4.55. The Kier molecular flexibility index (Phi) is 3.91. The quantitative estimate of drug-likeness (QED) is 0.885. The Morgan fingerprint density at radius 1 is 1.47 bits per heavy atom. The highest BCUT2D eigenvalue weighted by Gasteiger charge is 2.09. The van der Waals surface area contributed by atoms with Gasteiger partial charge in [-0.3, -0.25) is 4.68 Å². The molecular weight excluding hydrogens is 232 g/mol. The molecule has 0 saturated heterocycles. The Morgan fingerprint density at radius 2 is 2.29 bits per heavy atom. The first-order chi connectivity index (χ1) is 8.16. The maximum Gasteiger partial charge on any atom is 0.191 e. The van der Waals surface area contributed by atoms with Gasteiger partial charge in [0.05, 0.1) is 11.4 Å². The van der Waals surface area contributed by atoms with E-state index in [0.717, 1.165) is 29.6 Å². The summed E-state index contributed by atoms with van der Waals surface area (Å²) in [5.41, 5.74) is 0. The number of nitrogens with one attached hydrogen (secondary N) is 1. The van der Waals surface area contributed by atoms with Crippen molar-refractivity contribution in [3.63, 3.8) is 0 Å². The highest BCUT2D eigenvalue weighted by Crippen LogP contribution is 2.20. The van der Waals surface area contributed by atoms with Crippen molar-refractivity contribution in [3.8, 4) is 10.7 Å². The largest absolute Gasteiger partial charge is 0.310 e. The van der Waals surface area contributed by atoms with Gasteiger partial charge in [0.15, 0.2) is 5.82 Å². The molecule has 0 spiro atoms. The summed E-state index contributed by atoms with van der Waals surface area (Å²) in [6, 6.07) is 4.07. The standard InChI is InChI=1S/C12H18N4S/c1-9(2)7-13-8-11-14-12(15-16(11)3)10-5-4-6-17-10/h4-6,9,13H,7-8H2,1-3H3. The smallest absolute Gasteiger partial charge is 0.191 e. The first kappa shape index (κ1) is 12.3. The van der Waals surface area contributed by atoms with Crippen LogP contribution in [-0.4, -0.2) is 21.3 Å². The minimum atomic E-state index is 0.653. The molecule has 0 saturated carbocycles. The summed E-state index contributed by atoms with van der Waals surface area (Å²) >= 11 is 1.67. The molecule has 17 heavy (non-hydrogen) atoms. The molecule has 0 unspecified atom stereocenters. The van der Waals surface area contributed by atoms with Crippen LogP contribution in [0.5, 0.6) is 0 Å². The summed E-state index contributed by atoms with van der Waals surface area (Å²) in [6.45, 7) is 6.16. The number of aryl methyl sites for hydroxylation is 1. The molecule has 0 atom stereocenters. The summed E-state index contributed by atoms with van der Waals surface area (Å²) < 4.78 is 1.85. The fourth-order valence-electron chi connectivity index (χ4n) is 1.55. The predicted octanol–water partition coefficient (Wildman–Crippen LogP) is 2.29. The van der Waals surface area contributed by atoms with Crippen molar-refractivity contribution in [1.82, 2.24) is 20.1 Å². The summed E-state index contributed by atoms with van der Waals surface area (Å²) in [4.78, 5) is 5.67. The van der Waals surface area contributed by atoms with Gasteiger partial charge in [-0.15, -0.1) is 11.3 Å². The zero-order chi connectivity index (χ0) is 12.3. The molecule has 0 fully saturated rings. The monoisotopic (exact) mass is 250 g/mol. The minimum absolute atomic E-state index is 0.653. The van der Waals surface area contributed by atoms with Crippen LogP contribution < -0.4 is 5.32 Å². The third-order valence-corrected chi connectivity index (χ3v) is 3.30. The summed E-state index contributed by atoms with van der Waals surface area (Å²) in [5.74, 6) is 2.46. The lowest BCUT2D eigenvalue weighted by molar-refractivity contribution is 0.531. The topological polar surface area (TPSA) is 42.7 Å². The summed E-state index contributed by atoms with van der Waals surface area (Å²) in [6.07, 6.45) is 0. The molecule has 0 bridgehead atoms. The molecule has 0 radical (unpaired) electrons. The number of thiophene rings is 1. The molecule has 0 aliphatic carbocycles. The van der Waals surface area contributed by atoms with Gasteiger partial charge in [0, 0.05) is 7.05 Å². The van der Waals surface area contributed by atoms with Gasteiger partial charge in [0.1, 0.15) is 5.82 Å². The number of rotatable bonds is 5. The van der Waals surface area contributed by atoms with Crippen LogP contribution >= 0.6 is 11.3 Å². The second-order valence-corrected chi connectivity index (χ2v) is 5.42. The fourth-order valence-corrected chi connectivity index (χ4v) is 2.21. The molecule has 0 aliphatic heterocycles. The first-order valence-corrected chi connectivity index (χ1v) is 6.69. The van der Waals surface area contributed by atoms with Crippen LogP contribution in [0.3, 0.4) is 0 Å². The highest BCUT2D eigenvalue weighted by atomic mass is 32.1. The molecule has 92 valence electrons. The first-order valence-electron chi connectivity index (χ1n) is 5.81. The zero-order valence-corrected chi connectivity index (χ0v) is 11.3. The van der Waals surface area contributed by atoms with Crippen molar-refractivity contribution >= 4 is 11.3 Å². The number of nitrogens with zero attached hydrogens (tertiary/aromatic N) is 3. The SMILES string of the molecule is CC(C)CNCc1nc(-c2cccs2)nn1C. The molecule has 5 heteroatoms. The molecule has 4 nitrogen and oxygen atoms in total. The van der Waals surface area contributed by atoms with Crippen molar-refractivity contribution in [2.45, 2.75) is 20.4 Å². The van der Waals surface area contributed by atoms with E-state index in [2.05, 4.69) is 29.2 Å². The molecule has 2 aromatic rings. The molecule has 2 heterocycles. The van der Waals surface area contributed by atoms with Crippen LogP contribution in [-0.2, 0) is 13.6 Å². The van der Waals surface area contributed by atoms with Gasteiger partial charge < -0.3 is 5.32 Å². The van der Waals surface area contributed by atoms with E-state index in [1.54, 1.807) is 11.3 Å². The van der Waals surface area contributed by atoms with E-state index in [1.807, 2.05) is 29.2 Å². The lowest BCUT2D eigenvalue weighted by Crippen LogP contribution is -2.21. The molecule has 0 aromatic carbocycles. The van der Waals surface area contributed by atoms with Gasteiger partial charge in [0.2, 0.25) is 0 Å². The lowest BCUT2D eigenvalue weighted by atomic mass is 10.2. The Labute approximate surface area is 106 Å². The molecule has 0 aliphatic rings. The van der Waals surface area contributed by atoms with E-state index in [1.165, 1.54) is 0 Å². The Bertz CT molecular complexity index is 459. The van der Waals surface area contributed by atoms with Gasteiger partial charge in [-0.1, -0.05) is 19.9 Å². The van der Waals surface area contributed by atoms with Crippen LogP contribution in [0.25, 0.3) is 10.7 Å². The van der Waals surface area contributed by atoms with Gasteiger partial charge in [-0.05, 0) is 23.9 Å². The van der Waals surface area contributed by atoms with Crippen LogP contribution in [0.2, 0.25) is 0 Å². The Morgan fingerprint density at radius 3 is 2.94 bits per heavy atom. The Hall–Kier alpha value is -1.20. The van der Waals surface area contributed by atoms with Crippen LogP contribution in [0.1, 0.15) is 19.7 Å². The van der Waals surface area contributed by atoms with E-state index >= 15 is 0 Å². The van der Waals surface area contributed by atoms with E-state index in [0.29, 0.717) is 5.92 Å². The number of aromatic nitrogens is 3.